The van der Waals surface area contributed by atoms with Crippen LogP contribution in [0.25, 0.3) is 0 Å². The van der Waals surface area contributed by atoms with Crippen molar-refractivity contribution in [3.05, 3.63) is 54.1 Å². The molecule has 3 rings (SSSR count). The van der Waals surface area contributed by atoms with Gasteiger partial charge in [-0.1, -0.05) is 13.3 Å². The highest BCUT2D eigenvalue weighted by Gasteiger charge is 2.30. The lowest BCUT2D eigenvalue weighted by Crippen LogP contribution is -2.43. The Kier molecular flexibility index (Phi) is 9.99. The van der Waals surface area contributed by atoms with Crippen LogP contribution in [0.15, 0.2) is 58.8 Å². The molecule has 0 atom stereocenters. The average molecular weight is 494 g/mol. The number of aliphatic hydroxyl groups excluding tert-OH is 1. The van der Waals surface area contributed by atoms with Crippen molar-refractivity contribution >= 4 is 28.9 Å². The fraction of sp³-hybridized carbons (Fsp3) is 0.500. The van der Waals surface area contributed by atoms with Gasteiger partial charge in [-0.2, -0.15) is 10.2 Å². The summed E-state index contributed by atoms with van der Waals surface area (Å²) in [6.07, 6.45) is 4.80. The Labute approximate surface area is 214 Å². The summed E-state index contributed by atoms with van der Waals surface area (Å²) in [5.74, 6) is 0.0796. The number of benzene rings is 2. The highest BCUT2D eigenvalue weighted by atomic mass is 16.3. The van der Waals surface area contributed by atoms with Crippen LogP contribution in [0.4, 0.5) is 17.1 Å². The molecule has 0 aliphatic carbocycles. The van der Waals surface area contributed by atoms with Gasteiger partial charge in [-0.15, -0.1) is 0 Å². The number of piperidine rings is 1. The number of aliphatic hydroxyl groups is 1. The third kappa shape index (κ3) is 8.16. The largest absolute Gasteiger partial charge is 0.396 e. The standard InChI is InChI=1S/C28H39N5O3/c1-28(21-34)16-19-33(20-17-28)26(35)7-5-4-6-18-29-27(36)22-8-10-23(11-9-22)30-31-24-12-14-25(15-13-24)32(2)3/h8-15,34H,4-7,16-21H2,1-3H3,(H,29,36). The zero-order valence-corrected chi connectivity index (χ0v) is 21.7. The van der Waals surface area contributed by atoms with Crippen LogP contribution < -0.4 is 10.2 Å². The van der Waals surface area contributed by atoms with Gasteiger partial charge in [-0.05, 0) is 79.6 Å². The molecule has 2 aromatic rings. The number of nitrogens with one attached hydrogen (secondary N) is 1. The first-order valence-electron chi connectivity index (χ1n) is 12.8. The van der Waals surface area contributed by atoms with Crippen LogP contribution >= 0.6 is 0 Å². The van der Waals surface area contributed by atoms with Crippen molar-refractivity contribution in [1.82, 2.24) is 10.2 Å². The topological polar surface area (TPSA) is 97.6 Å². The average Bonchev–Trinajstić information content (AvgIpc) is 2.90. The smallest absolute Gasteiger partial charge is 0.251 e. The number of unbranched alkanes of at least 4 members (excludes halogenated alkanes) is 2. The van der Waals surface area contributed by atoms with Gasteiger partial charge in [0.1, 0.15) is 0 Å². The summed E-state index contributed by atoms with van der Waals surface area (Å²) >= 11 is 0. The normalized spacial score (nSPS) is 15.2. The van der Waals surface area contributed by atoms with Crippen LogP contribution in [0.3, 0.4) is 0 Å². The van der Waals surface area contributed by atoms with Gasteiger partial charge in [0.25, 0.3) is 5.91 Å². The molecule has 1 saturated heterocycles. The van der Waals surface area contributed by atoms with Crippen molar-refractivity contribution in [2.45, 2.75) is 45.4 Å². The lowest BCUT2D eigenvalue weighted by molar-refractivity contribution is -0.134. The van der Waals surface area contributed by atoms with Gasteiger partial charge in [0.2, 0.25) is 5.91 Å². The van der Waals surface area contributed by atoms with Gasteiger partial charge in [0.05, 0.1) is 11.4 Å². The van der Waals surface area contributed by atoms with E-state index in [1.807, 2.05) is 48.2 Å². The van der Waals surface area contributed by atoms with Crippen LogP contribution in [0, 0.1) is 5.41 Å². The Morgan fingerprint density at radius 1 is 0.944 bits per heavy atom. The van der Waals surface area contributed by atoms with Crippen molar-refractivity contribution in [2.75, 3.05) is 45.2 Å². The number of carbonyl (C=O) groups excluding carboxylic acids is 2. The first-order chi connectivity index (χ1) is 17.3. The van der Waals surface area contributed by atoms with Gasteiger partial charge in [-0.3, -0.25) is 9.59 Å². The Balaban J connectivity index is 1.32. The number of anilines is 1. The van der Waals surface area contributed by atoms with E-state index in [4.69, 9.17) is 0 Å². The van der Waals surface area contributed by atoms with Gasteiger partial charge in [0, 0.05) is 58.0 Å². The molecule has 2 amide bonds. The molecule has 1 fully saturated rings. The summed E-state index contributed by atoms with van der Waals surface area (Å²) < 4.78 is 0. The van der Waals surface area contributed by atoms with Crippen LogP contribution in [0.1, 0.15) is 55.8 Å². The highest BCUT2D eigenvalue weighted by Crippen LogP contribution is 2.30. The van der Waals surface area contributed by atoms with E-state index in [0.29, 0.717) is 24.2 Å². The van der Waals surface area contributed by atoms with Crippen molar-refractivity contribution in [3.8, 4) is 0 Å². The fourth-order valence-electron chi connectivity index (χ4n) is 4.11. The van der Waals surface area contributed by atoms with Crippen LogP contribution in [-0.2, 0) is 4.79 Å². The summed E-state index contributed by atoms with van der Waals surface area (Å²) in [6.45, 7) is 4.31. The second-order valence-corrected chi connectivity index (χ2v) is 10.1. The molecule has 194 valence electrons. The van der Waals surface area contributed by atoms with E-state index >= 15 is 0 Å². The number of amides is 2. The summed E-state index contributed by atoms with van der Waals surface area (Å²) in [5.41, 5.74) is 3.09. The van der Waals surface area contributed by atoms with Crippen molar-refractivity contribution in [1.29, 1.82) is 0 Å². The molecular weight excluding hydrogens is 454 g/mol. The quantitative estimate of drug-likeness (QED) is 0.337. The number of azo groups is 1. The zero-order chi connectivity index (χ0) is 26.0. The third-order valence-corrected chi connectivity index (χ3v) is 6.83. The summed E-state index contributed by atoms with van der Waals surface area (Å²) in [7, 11) is 3.98. The molecule has 36 heavy (non-hydrogen) atoms. The molecule has 0 spiro atoms. The number of hydrogen-bond acceptors (Lipinski definition) is 6. The third-order valence-electron chi connectivity index (χ3n) is 6.83. The minimum atomic E-state index is -0.117. The first kappa shape index (κ1) is 27.3. The Morgan fingerprint density at radius 3 is 2.08 bits per heavy atom. The van der Waals surface area contributed by atoms with Gasteiger partial charge >= 0.3 is 0 Å². The molecule has 8 heteroatoms. The molecular formula is C28H39N5O3. The summed E-state index contributed by atoms with van der Waals surface area (Å²) in [6, 6.07) is 14.9. The van der Waals surface area contributed by atoms with E-state index < -0.39 is 0 Å². The van der Waals surface area contributed by atoms with Crippen LogP contribution in [-0.4, -0.2) is 62.2 Å². The molecule has 0 aromatic heterocycles. The van der Waals surface area contributed by atoms with E-state index in [9.17, 15) is 14.7 Å². The molecule has 0 saturated carbocycles. The second-order valence-electron chi connectivity index (χ2n) is 10.1. The molecule has 8 nitrogen and oxygen atoms in total. The molecule has 0 unspecified atom stereocenters. The van der Waals surface area contributed by atoms with Gasteiger partial charge in [-0.25, -0.2) is 0 Å². The Hall–Kier alpha value is -3.26. The minimum Gasteiger partial charge on any atom is -0.396 e. The monoisotopic (exact) mass is 493 g/mol. The number of hydrogen-bond donors (Lipinski definition) is 2. The van der Waals surface area contributed by atoms with Gasteiger partial charge in [0.15, 0.2) is 0 Å². The molecule has 1 aliphatic rings. The van der Waals surface area contributed by atoms with Crippen molar-refractivity contribution in [2.24, 2.45) is 15.6 Å². The molecule has 2 aromatic carbocycles. The number of likely N-dealkylation sites (tertiary alicyclic amines) is 1. The SMILES string of the molecule is CN(C)c1ccc(N=Nc2ccc(C(=O)NCCCCCC(=O)N3CCC(C)(CO)CC3)cc2)cc1. The second kappa shape index (κ2) is 13.2. The van der Waals surface area contributed by atoms with Crippen molar-refractivity contribution in [3.63, 3.8) is 0 Å². The maximum Gasteiger partial charge on any atom is 0.251 e. The van der Waals surface area contributed by atoms with E-state index in [1.54, 1.807) is 24.3 Å². The van der Waals surface area contributed by atoms with Crippen LogP contribution in [0.5, 0.6) is 0 Å². The summed E-state index contributed by atoms with van der Waals surface area (Å²) in [5, 5.41) is 20.9. The van der Waals surface area contributed by atoms with E-state index in [1.165, 1.54) is 0 Å². The minimum absolute atomic E-state index is 0.0434. The zero-order valence-electron chi connectivity index (χ0n) is 21.7. The highest BCUT2D eigenvalue weighted by molar-refractivity contribution is 5.94. The van der Waals surface area contributed by atoms with Crippen LogP contribution in [0.2, 0.25) is 0 Å². The van der Waals surface area contributed by atoms with Gasteiger partial charge < -0.3 is 20.2 Å². The maximum absolute atomic E-state index is 12.4. The predicted molar refractivity (Wildman–Crippen MR) is 143 cm³/mol. The number of carbonyl (C=O) groups is 2. The molecule has 1 heterocycles. The Bertz CT molecular complexity index is 1010. The molecule has 1 aliphatic heterocycles. The molecule has 0 radical (unpaired) electrons. The fourth-order valence-corrected chi connectivity index (χ4v) is 4.11. The van der Waals surface area contributed by atoms with Crippen molar-refractivity contribution < 1.29 is 14.7 Å². The van der Waals surface area contributed by atoms with E-state index in [-0.39, 0.29) is 23.8 Å². The number of rotatable bonds is 11. The molecule has 0 bridgehead atoms. The summed E-state index contributed by atoms with van der Waals surface area (Å²) in [4.78, 5) is 28.7. The maximum atomic E-state index is 12.4. The predicted octanol–water partition coefficient (Wildman–Crippen LogP) is 5.08. The molecule has 2 N–H and O–H groups in total. The lowest BCUT2D eigenvalue weighted by Gasteiger charge is -2.38. The van der Waals surface area contributed by atoms with E-state index in [0.717, 1.165) is 56.6 Å². The Morgan fingerprint density at radius 2 is 1.53 bits per heavy atom. The first-order valence-corrected chi connectivity index (χ1v) is 12.8. The van der Waals surface area contributed by atoms with E-state index in [2.05, 4.69) is 22.5 Å². The number of nitrogens with zero attached hydrogens (tertiary/aromatic N) is 4. The lowest BCUT2D eigenvalue weighted by atomic mass is 9.81.